The molecule has 0 aliphatic heterocycles. The van der Waals surface area contributed by atoms with E-state index in [2.05, 4.69) is 15.3 Å². The highest BCUT2D eigenvalue weighted by molar-refractivity contribution is 7.71. The van der Waals surface area contributed by atoms with Crippen molar-refractivity contribution < 1.29 is 14.3 Å². The number of benzene rings is 2. The van der Waals surface area contributed by atoms with E-state index in [1.54, 1.807) is 56.0 Å². The molecule has 0 bridgehead atoms. The number of imidazole rings is 1. The van der Waals surface area contributed by atoms with Crippen LogP contribution >= 0.6 is 12.2 Å². The number of hydrogen-bond acceptors (Lipinski definition) is 6. The zero-order valence-corrected chi connectivity index (χ0v) is 19.0. The van der Waals surface area contributed by atoms with E-state index in [1.807, 2.05) is 10.8 Å². The summed E-state index contributed by atoms with van der Waals surface area (Å²) in [4.78, 5) is 32.8. The molecule has 4 rings (SSSR count). The first kappa shape index (κ1) is 22.3. The lowest BCUT2D eigenvalue weighted by Crippen LogP contribution is -2.25. The predicted octanol–water partition coefficient (Wildman–Crippen LogP) is 3.08. The van der Waals surface area contributed by atoms with Crippen molar-refractivity contribution in [2.45, 2.75) is 13.0 Å². The van der Waals surface area contributed by atoms with E-state index >= 15 is 0 Å². The molecule has 4 aromatic rings. The van der Waals surface area contributed by atoms with E-state index in [9.17, 15) is 9.59 Å². The molecule has 0 unspecified atom stereocenters. The minimum Gasteiger partial charge on any atom is -0.493 e. The molecule has 10 heteroatoms. The average Bonchev–Trinajstić information content (AvgIpc) is 3.34. The molecule has 0 saturated carbocycles. The number of amides is 1. The zero-order valence-electron chi connectivity index (χ0n) is 18.2. The second-order valence-electron chi connectivity index (χ2n) is 7.28. The van der Waals surface area contributed by atoms with Crippen molar-refractivity contribution in [1.29, 1.82) is 0 Å². The van der Waals surface area contributed by atoms with Crippen LogP contribution < -0.4 is 20.3 Å². The number of hydrogen-bond donors (Lipinski definition) is 2. The molecule has 0 atom stereocenters. The number of rotatable bonds is 8. The molecule has 0 fully saturated rings. The molecule has 33 heavy (non-hydrogen) atoms. The Balaban J connectivity index is 1.58. The highest BCUT2D eigenvalue weighted by Crippen LogP contribution is 2.29. The Morgan fingerprint density at radius 2 is 1.97 bits per heavy atom. The van der Waals surface area contributed by atoms with Crippen LogP contribution in [-0.2, 0) is 6.54 Å². The van der Waals surface area contributed by atoms with Gasteiger partial charge in [0.25, 0.3) is 11.5 Å². The van der Waals surface area contributed by atoms with E-state index in [0.717, 1.165) is 13.0 Å². The summed E-state index contributed by atoms with van der Waals surface area (Å²) in [6, 6.07) is 10.0. The quantitative estimate of drug-likeness (QED) is 0.306. The fourth-order valence-corrected chi connectivity index (χ4v) is 3.84. The number of carbonyl (C=O) groups excluding carboxylic acids is 1. The number of methoxy groups -OCH3 is 2. The third-order valence-electron chi connectivity index (χ3n) is 5.22. The third-order valence-corrected chi connectivity index (χ3v) is 5.51. The van der Waals surface area contributed by atoms with Gasteiger partial charge in [-0.25, -0.2) is 4.98 Å². The lowest BCUT2D eigenvalue weighted by Gasteiger charge is -2.12. The molecule has 0 aliphatic carbocycles. The maximum Gasteiger partial charge on any atom is 0.266 e. The van der Waals surface area contributed by atoms with Crippen LogP contribution in [0.1, 0.15) is 16.8 Å². The van der Waals surface area contributed by atoms with Gasteiger partial charge < -0.3 is 24.3 Å². The predicted molar refractivity (Wildman–Crippen MR) is 127 cm³/mol. The summed E-state index contributed by atoms with van der Waals surface area (Å²) >= 11 is 5.45. The van der Waals surface area contributed by atoms with Crippen molar-refractivity contribution in [3.63, 3.8) is 0 Å². The zero-order chi connectivity index (χ0) is 23.4. The van der Waals surface area contributed by atoms with Crippen molar-refractivity contribution in [1.82, 2.24) is 24.4 Å². The van der Waals surface area contributed by atoms with Gasteiger partial charge in [-0.15, -0.1) is 0 Å². The van der Waals surface area contributed by atoms with Crippen LogP contribution in [0.3, 0.4) is 0 Å². The SMILES string of the molecule is COc1ccc(-n2c(=S)[nH]c3cc(C(=O)NCCCn4ccnc4)ccc3c2=O)cc1OC. The molecule has 170 valence electrons. The molecule has 0 spiro atoms. The highest BCUT2D eigenvalue weighted by Gasteiger charge is 2.13. The maximum atomic E-state index is 13.2. The molecule has 2 heterocycles. The number of ether oxygens (including phenoxy) is 2. The van der Waals surface area contributed by atoms with E-state index in [1.165, 1.54) is 11.7 Å². The first-order chi connectivity index (χ1) is 16.0. The summed E-state index contributed by atoms with van der Waals surface area (Å²) in [6.45, 7) is 1.28. The highest BCUT2D eigenvalue weighted by atomic mass is 32.1. The van der Waals surface area contributed by atoms with E-state index in [0.29, 0.717) is 40.2 Å². The van der Waals surface area contributed by atoms with E-state index in [-0.39, 0.29) is 16.2 Å². The largest absolute Gasteiger partial charge is 0.493 e. The summed E-state index contributed by atoms with van der Waals surface area (Å²) < 4.78 is 14.1. The van der Waals surface area contributed by atoms with Crippen LogP contribution in [0.2, 0.25) is 0 Å². The number of nitrogens with one attached hydrogen (secondary N) is 2. The maximum absolute atomic E-state index is 13.2. The first-order valence-corrected chi connectivity index (χ1v) is 10.7. The van der Waals surface area contributed by atoms with Crippen molar-refractivity contribution >= 4 is 29.0 Å². The van der Waals surface area contributed by atoms with Gasteiger partial charge >= 0.3 is 0 Å². The average molecular weight is 466 g/mol. The van der Waals surface area contributed by atoms with Gasteiger partial charge in [0, 0.05) is 37.1 Å². The van der Waals surface area contributed by atoms with E-state index < -0.39 is 0 Å². The van der Waals surface area contributed by atoms with Gasteiger partial charge in [-0.05, 0) is 49.0 Å². The summed E-state index contributed by atoms with van der Waals surface area (Å²) in [5.41, 5.74) is 1.18. The number of aryl methyl sites for hydroxylation is 1. The Hall–Kier alpha value is -3.92. The van der Waals surface area contributed by atoms with Gasteiger partial charge in [0.2, 0.25) is 0 Å². The number of aromatic amines is 1. The molecule has 0 aliphatic rings. The number of H-pyrrole nitrogens is 1. The third kappa shape index (κ3) is 4.65. The van der Waals surface area contributed by atoms with Crippen LogP contribution in [0.15, 0.2) is 59.9 Å². The van der Waals surface area contributed by atoms with Crippen molar-refractivity contribution in [3.8, 4) is 17.2 Å². The van der Waals surface area contributed by atoms with Crippen molar-refractivity contribution in [2.24, 2.45) is 0 Å². The molecule has 9 nitrogen and oxygen atoms in total. The second-order valence-corrected chi connectivity index (χ2v) is 7.67. The fourth-order valence-electron chi connectivity index (χ4n) is 3.54. The Bertz CT molecular complexity index is 1410. The van der Waals surface area contributed by atoms with Crippen LogP contribution in [-0.4, -0.2) is 45.8 Å². The Morgan fingerprint density at radius 1 is 1.15 bits per heavy atom. The Kier molecular flexibility index (Phi) is 6.55. The minimum atomic E-state index is -0.298. The molecule has 2 aromatic heterocycles. The standard InChI is InChI=1S/C23H23N5O4S/c1-31-19-7-5-16(13-20(19)32-2)28-22(30)17-6-4-15(12-18(17)26-23(28)33)21(29)25-8-3-10-27-11-9-24-14-27/h4-7,9,11-14H,3,8,10H2,1-2H3,(H,25,29)(H,26,33). The topological polar surface area (TPSA) is 103 Å². The summed E-state index contributed by atoms with van der Waals surface area (Å²) in [5.74, 6) is 0.813. The molecule has 0 radical (unpaired) electrons. The van der Waals surface area contributed by atoms with Gasteiger partial charge in [-0.2, -0.15) is 0 Å². The summed E-state index contributed by atoms with van der Waals surface area (Å²) in [5, 5.41) is 3.31. The smallest absolute Gasteiger partial charge is 0.266 e. The number of nitrogens with zero attached hydrogens (tertiary/aromatic N) is 3. The van der Waals surface area contributed by atoms with Crippen LogP contribution in [0.25, 0.3) is 16.6 Å². The van der Waals surface area contributed by atoms with Gasteiger partial charge in [0.15, 0.2) is 16.3 Å². The fraction of sp³-hybridized carbons (Fsp3) is 0.217. The molecule has 2 aromatic carbocycles. The number of aromatic nitrogens is 4. The summed E-state index contributed by atoms with van der Waals surface area (Å²) in [6.07, 6.45) is 6.11. The normalized spacial score (nSPS) is 10.8. The van der Waals surface area contributed by atoms with Crippen molar-refractivity contribution in [2.75, 3.05) is 20.8 Å². The lowest BCUT2D eigenvalue weighted by atomic mass is 10.1. The van der Waals surface area contributed by atoms with Gasteiger partial charge in [0.05, 0.1) is 37.1 Å². The summed E-state index contributed by atoms with van der Waals surface area (Å²) in [7, 11) is 3.06. The van der Waals surface area contributed by atoms with E-state index in [4.69, 9.17) is 21.7 Å². The Labute approximate surface area is 194 Å². The molecule has 1 amide bonds. The minimum absolute atomic E-state index is 0.206. The Morgan fingerprint density at radius 3 is 2.70 bits per heavy atom. The monoisotopic (exact) mass is 465 g/mol. The van der Waals surface area contributed by atoms with Gasteiger partial charge in [0.1, 0.15) is 0 Å². The molecule has 2 N–H and O–H groups in total. The molecular formula is C23H23N5O4S. The molecular weight excluding hydrogens is 442 g/mol. The lowest BCUT2D eigenvalue weighted by molar-refractivity contribution is 0.0953. The number of fused-ring (bicyclic) bond motifs is 1. The van der Waals surface area contributed by atoms with Crippen LogP contribution in [0.5, 0.6) is 11.5 Å². The second kappa shape index (κ2) is 9.70. The van der Waals surface area contributed by atoms with Crippen LogP contribution in [0.4, 0.5) is 0 Å². The molecule has 0 saturated heterocycles. The first-order valence-electron chi connectivity index (χ1n) is 10.3. The van der Waals surface area contributed by atoms with Gasteiger partial charge in [-0.1, -0.05) is 0 Å². The van der Waals surface area contributed by atoms with Crippen LogP contribution in [0, 0.1) is 4.77 Å². The number of carbonyl (C=O) groups is 1. The van der Waals surface area contributed by atoms with Crippen molar-refractivity contribution in [3.05, 3.63) is 75.8 Å². The van der Waals surface area contributed by atoms with Gasteiger partial charge in [-0.3, -0.25) is 14.2 Å².